The fourth-order valence-electron chi connectivity index (χ4n) is 3.58. The Labute approximate surface area is 193 Å². The van der Waals surface area contributed by atoms with Gasteiger partial charge in [0.1, 0.15) is 23.9 Å². The summed E-state index contributed by atoms with van der Waals surface area (Å²) in [5, 5.41) is 7.09. The smallest absolute Gasteiger partial charge is 0.252 e. The Morgan fingerprint density at radius 3 is 2.15 bits per heavy atom. The highest BCUT2D eigenvalue weighted by molar-refractivity contribution is 5.94. The van der Waals surface area contributed by atoms with E-state index < -0.39 is 0 Å². The van der Waals surface area contributed by atoms with E-state index in [9.17, 15) is 4.79 Å². The van der Waals surface area contributed by atoms with Crippen LogP contribution in [0.3, 0.4) is 0 Å². The first kappa shape index (κ1) is 22.1. The van der Waals surface area contributed by atoms with E-state index in [-0.39, 0.29) is 11.9 Å². The molecule has 1 amide bonds. The summed E-state index contributed by atoms with van der Waals surface area (Å²) in [7, 11) is 1.63. The third kappa shape index (κ3) is 5.23. The fourth-order valence-corrected chi connectivity index (χ4v) is 3.58. The van der Waals surface area contributed by atoms with Gasteiger partial charge in [0.25, 0.3) is 5.91 Å². The minimum atomic E-state index is -0.292. The zero-order chi connectivity index (χ0) is 23.2. The lowest BCUT2D eigenvalue weighted by molar-refractivity contribution is 0.0943. The number of aromatic nitrogens is 1. The van der Waals surface area contributed by atoms with Crippen molar-refractivity contribution in [2.75, 3.05) is 7.11 Å². The Bertz CT molecular complexity index is 1180. The van der Waals surface area contributed by atoms with Gasteiger partial charge in [-0.05, 0) is 61.4 Å². The third-order valence-electron chi connectivity index (χ3n) is 5.54. The predicted octanol–water partition coefficient (Wildman–Crippen LogP) is 5.40. The van der Waals surface area contributed by atoms with Crippen LogP contribution < -0.4 is 14.8 Å². The van der Waals surface area contributed by atoms with Gasteiger partial charge >= 0.3 is 0 Å². The molecule has 3 aromatic carbocycles. The van der Waals surface area contributed by atoms with Crippen LogP contribution in [0.5, 0.6) is 11.5 Å². The number of hydrogen-bond acceptors (Lipinski definition) is 5. The minimum Gasteiger partial charge on any atom is -0.497 e. The first-order valence-electron chi connectivity index (χ1n) is 10.7. The van der Waals surface area contributed by atoms with Crippen molar-refractivity contribution in [2.45, 2.75) is 26.5 Å². The molecule has 0 saturated heterocycles. The molecule has 0 aliphatic heterocycles. The third-order valence-corrected chi connectivity index (χ3v) is 5.54. The van der Waals surface area contributed by atoms with E-state index >= 15 is 0 Å². The van der Waals surface area contributed by atoms with Crippen molar-refractivity contribution in [1.82, 2.24) is 10.5 Å². The van der Waals surface area contributed by atoms with E-state index in [0.29, 0.717) is 17.9 Å². The number of aryl methyl sites for hydroxylation is 2. The molecule has 4 rings (SSSR count). The van der Waals surface area contributed by atoms with Gasteiger partial charge in [0, 0.05) is 5.56 Å². The average molecular weight is 443 g/mol. The van der Waals surface area contributed by atoms with Crippen molar-refractivity contribution < 1.29 is 18.8 Å². The van der Waals surface area contributed by atoms with Gasteiger partial charge in [-0.3, -0.25) is 4.79 Å². The highest BCUT2D eigenvalue weighted by atomic mass is 16.5. The molecule has 33 heavy (non-hydrogen) atoms. The maximum Gasteiger partial charge on any atom is 0.252 e. The number of hydrogen-bond donors (Lipinski definition) is 1. The molecule has 1 aromatic heterocycles. The molecule has 1 atom stereocenters. The van der Waals surface area contributed by atoms with E-state index in [2.05, 4.69) is 10.5 Å². The molecular weight excluding hydrogens is 416 g/mol. The second-order valence-electron chi connectivity index (χ2n) is 7.71. The Morgan fingerprint density at radius 1 is 0.909 bits per heavy atom. The van der Waals surface area contributed by atoms with Gasteiger partial charge in [-0.25, -0.2) is 0 Å². The molecule has 0 aliphatic carbocycles. The summed E-state index contributed by atoms with van der Waals surface area (Å²) in [6.45, 7) is 4.10. The zero-order valence-corrected chi connectivity index (χ0v) is 18.9. The second kappa shape index (κ2) is 10.0. The SMILES string of the molecule is COc1ccc(C(NC(=O)c2ccc(OCc3c(C)noc3C)cc2)c2ccccc2)cc1. The van der Waals surface area contributed by atoms with Crippen LogP contribution in [0.25, 0.3) is 0 Å². The number of carbonyl (C=O) groups excluding carboxylic acids is 1. The van der Waals surface area contributed by atoms with Crippen molar-refractivity contribution in [1.29, 1.82) is 0 Å². The maximum atomic E-state index is 13.1. The number of carbonyl (C=O) groups is 1. The number of amides is 1. The van der Waals surface area contributed by atoms with Gasteiger partial charge in [-0.2, -0.15) is 0 Å². The van der Waals surface area contributed by atoms with Crippen LogP contribution in [0.15, 0.2) is 83.4 Å². The van der Waals surface area contributed by atoms with Gasteiger partial charge in [-0.15, -0.1) is 0 Å². The standard InChI is InChI=1S/C27H26N2O4/c1-18-25(19(2)33-29-18)17-32-24-15-11-22(12-16-24)27(30)28-26(20-7-5-4-6-8-20)21-9-13-23(31-3)14-10-21/h4-16,26H,17H2,1-3H3,(H,28,30). The Balaban J connectivity index is 1.48. The van der Waals surface area contributed by atoms with Crippen molar-refractivity contribution in [3.8, 4) is 11.5 Å². The average Bonchev–Trinajstić information content (AvgIpc) is 3.19. The zero-order valence-electron chi connectivity index (χ0n) is 18.9. The summed E-state index contributed by atoms with van der Waals surface area (Å²) in [4.78, 5) is 13.1. The van der Waals surface area contributed by atoms with Crippen LogP contribution in [-0.2, 0) is 6.61 Å². The second-order valence-corrected chi connectivity index (χ2v) is 7.71. The van der Waals surface area contributed by atoms with Crippen molar-refractivity contribution in [3.05, 3.63) is 113 Å². The van der Waals surface area contributed by atoms with Crippen LogP contribution in [0.2, 0.25) is 0 Å². The summed E-state index contributed by atoms with van der Waals surface area (Å²) in [6, 6.07) is 24.4. The number of ether oxygens (including phenoxy) is 2. The summed E-state index contributed by atoms with van der Waals surface area (Å²) < 4.78 is 16.3. The van der Waals surface area contributed by atoms with Crippen LogP contribution in [0.1, 0.15) is 44.5 Å². The summed E-state index contributed by atoms with van der Waals surface area (Å²) in [5.41, 5.74) is 4.26. The van der Waals surface area contributed by atoms with Gasteiger partial charge in [0.05, 0.1) is 24.4 Å². The highest BCUT2D eigenvalue weighted by Gasteiger charge is 2.18. The Morgan fingerprint density at radius 2 is 1.55 bits per heavy atom. The lowest BCUT2D eigenvalue weighted by Crippen LogP contribution is -2.29. The molecule has 1 heterocycles. The van der Waals surface area contributed by atoms with E-state index in [4.69, 9.17) is 14.0 Å². The molecule has 1 unspecified atom stereocenters. The Kier molecular flexibility index (Phi) is 6.74. The molecule has 0 saturated carbocycles. The molecule has 0 fully saturated rings. The largest absolute Gasteiger partial charge is 0.497 e. The van der Waals surface area contributed by atoms with Gasteiger partial charge in [0.2, 0.25) is 0 Å². The van der Waals surface area contributed by atoms with Crippen molar-refractivity contribution >= 4 is 5.91 Å². The topological polar surface area (TPSA) is 73.6 Å². The lowest BCUT2D eigenvalue weighted by atomic mass is 9.98. The summed E-state index contributed by atoms with van der Waals surface area (Å²) >= 11 is 0. The summed E-state index contributed by atoms with van der Waals surface area (Å²) in [6.07, 6.45) is 0. The van der Waals surface area contributed by atoms with Gasteiger partial charge in [-0.1, -0.05) is 47.6 Å². The summed E-state index contributed by atoms with van der Waals surface area (Å²) in [5.74, 6) is 2.01. The number of benzene rings is 3. The van der Waals surface area contributed by atoms with Crippen LogP contribution in [0.4, 0.5) is 0 Å². The monoisotopic (exact) mass is 442 g/mol. The quantitative estimate of drug-likeness (QED) is 0.396. The van der Waals surface area contributed by atoms with E-state index in [1.165, 1.54) is 0 Å². The van der Waals surface area contributed by atoms with Crippen LogP contribution >= 0.6 is 0 Å². The Hall–Kier alpha value is -4.06. The molecule has 6 heteroatoms. The molecular formula is C27H26N2O4. The van der Waals surface area contributed by atoms with Gasteiger partial charge in [0.15, 0.2) is 0 Å². The molecule has 0 radical (unpaired) electrons. The minimum absolute atomic E-state index is 0.169. The van der Waals surface area contributed by atoms with Crippen LogP contribution in [0, 0.1) is 13.8 Å². The number of nitrogens with zero attached hydrogens (tertiary/aromatic N) is 1. The molecule has 168 valence electrons. The number of methoxy groups -OCH3 is 1. The number of nitrogens with one attached hydrogen (secondary N) is 1. The fraction of sp³-hybridized carbons (Fsp3) is 0.185. The van der Waals surface area contributed by atoms with Crippen molar-refractivity contribution in [2.24, 2.45) is 0 Å². The van der Waals surface area contributed by atoms with E-state index in [1.54, 1.807) is 31.4 Å². The molecule has 0 spiro atoms. The van der Waals surface area contributed by atoms with Crippen molar-refractivity contribution in [3.63, 3.8) is 0 Å². The van der Waals surface area contributed by atoms with Crippen LogP contribution in [-0.4, -0.2) is 18.2 Å². The first-order valence-corrected chi connectivity index (χ1v) is 10.7. The molecule has 0 aliphatic rings. The molecule has 4 aromatic rings. The lowest BCUT2D eigenvalue weighted by Gasteiger charge is -2.20. The maximum absolute atomic E-state index is 13.1. The van der Waals surface area contributed by atoms with E-state index in [1.807, 2.05) is 68.4 Å². The molecule has 0 bridgehead atoms. The van der Waals surface area contributed by atoms with Gasteiger partial charge < -0.3 is 19.3 Å². The normalized spacial score (nSPS) is 11.6. The highest BCUT2D eigenvalue weighted by Crippen LogP contribution is 2.25. The molecule has 6 nitrogen and oxygen atoms in total. The number of rotatable bonds is 8. The first-order chi connectivity index (χ1) is 16.0. The molecule has 1 N–H and O–H groups in total. The predicted molar refractivity (Wildman–Crippen MR) is 125 cm³/mol. The van der Waals surface area contributed by atoms with E-state index in [0.717, 1.165) is 33.9 Å².